The van der Waals surface area contributed by atoms with Gasteiger partial charge in [-0.05, 0) is 60.7 Å². The zero-order valence-corrected chi connectivity index (χ0v) is 16.6. The number of aliphatic hydroxyl groups excluding tert-OH is 1. The van der Waals surface area contributed by atoms with Crippen LogP contribution >= 0.6 is 0 Å². The maximum absolute atomic E-state index is 13.0. The minimum absolute atomic E-state index is 0.0343. The number of hydrogen-bond acceptors (Lipinski definition) is 4. The molecule has 1 aliphatic rings. The van der Waals surface area contributed by atoms with E-state index in [4.69, 9.17) is 0 Å². The number of ketones is 1. The van der Waals surface area contributed by atoms with Crippen molar-refractivity contribution in [2.45, 2.75) is 40.2 Å². The smallest absolute Gasteiger partial charge is 0.294 e. The molecule has 3 rings (SSSR count). The van der Waals surface area contributed by atoms with Crippen molar-refractivity contribution in [3.8, 4) is 5.75 Å². The summed E-state index contributed by atoms with van der Waals surface area (Å²) in [4.78, 5) is 27.3. The minimum Gasteiger partial charge on any atom is -0.508 e. The second-order valence-corrected chi connectivity index (χ2v) is 7.72. The number of carbonyl (C=O) groups excluding carboxylic acids is 2. The lowest BCUT2D eigenvalue weighted by Gasteiger charge is -2.27. The number of aliphatic hydroxyl groups is 1. The van der Waals surface area contributed by atoms with Crippen LogP contribution in [0.3, 0.4) is 0 Å². The van der Waals surface area contributed by atoms with Crippen LogP contribution in [0.2, 0.25) is 0 Å². The monoisotopic (exact) mass is 379 g/mol. The van der Waals surface area contributed by atoms with Crippen molar-refractivity contribution in [3.05, 3.63) is 70.5 Å². The molecule has 0 saturated heterocycles. The molecule has 1 atom stereocenters. The van der Waals surface area contributed by atoms with Gasteiger partial charge < -0.3 is 10.2 Å². The summed E-state index contributed by atoms with van der Waals surface area (Å²) in [6.45, 7) is 7.75. The van der Waals surface area contributed by atoms with Crippen molar-refractivity contribution in [1.82, 2.24) is 0 Å². The minimum atomic E-state index is -0.784. The van der Waals surface area contributed by atoms with E-state index in [9.17, 15) is 19.8 Å². The Morgan fingerprint density at radius 3 is 2.39 bits per heavy atom. The van der Waals surface area contributed by atoms with Crippen LogP contribution in [0.15, 0.2) is 53.8 Å². The second-order valence-electron chi connectivity index (χ2n) is 7.72. The summed E-state index contributed by atoms with van der Waals surface area (Å²) in [6.07, 6.45) is 0.225. The van der Waals surface area contributed by atoms with Crippen molar-refractivity contribution in [1.29, 1.82) is 0 Å². The normalized spacial score (nSPS) is 17.0. The van der Waals surface area contributed by atoms with E-state index in [1.54, 1.807) is 18.2 Å². The Balaban J connectivity index is 2.17. The molecule has 2 aromatic carbocycles. The lowest BCUT2D eigenvalue weighted by Crippen LogP contribution is -2.31. The fraction of sp³-hybridized carbons (Fsp3) is 0.304. The third-order valence-electron chi connectivity index (χ3n) is 5.06. The summed E-state index contributed by atoms with van der Waals surface area (Å²) in [7, 11) is 0. The third-order valence-corrected chi connectivity index (χ3v) is 5.06. The highest BCUT2D eigenvalue weighted by atomic mass is 16.3. The first kappa shape index (κ1) is 19.7. The number of hydrogen-bond donors (Lipinski definition) is 2. The third kappa shape index (κ3) is 3.52. The first-order valence-corrected chi connectivity index (χ1v) is 9.36. The van der Waals surface area contributed by atoms with Crippen LogP contribution in [0.5, 0.6) is 5.75 Å². The molecule has 28 heavy (non-hydrogen) atoms. The number of amides is 1. The fourth-order valence-electron chi connectivity index (χ4n) is 3.52. The van der Waals surface area contributed by atoms with Gasteiger partial charge in [0.2, 0.25) is 0 Å². The molecule has 0 aromatic heterocycles. The summed E-state index contributed by atoms with van der Waals surface area (Å²) in [5, 5.41) is 20.5. The fourth-order valence-corrected chi connectivity index (χ4v) is 3.52. The first-order chi connectivity index (χ1) is 13.2. The topological polar surface area (TPSA) is 77.8 Å². The van der Waals surface area contributed by atoms with Crippen molar-refractivity contribution in [3.63, 3.8) is 0 Å². The lowest BCUT2D eigenvalue weighted by atomic mass is 9.92. The summed E-state index contributed by atoms with van der Waals surface area (Å²) < 4.78 is 0. The van der Waals surface area contributed by atoms with Crippen LogP contribution in [0.4, 0.5) is 5.69 Å². The van der Waals surface area contributed by atoms with E-state index in [2.05, 4.69) is 0 Å². The van der Waals surface area contributed by atoms with E-state index in [1.807, 2.05) is 39.8 Å². The van der Waals surface area contributed by atoms with Crippen molar-refractivity contribution in [2.24, 2.45) is 5.92 Å². The Labute approximate surface area is 164 Å². The maximum atomic E-state index is 13.0. The number of nitrogens with zero attached hydrogens (tertiary/aromatic N) is 1. The molecule has 146 valence electrons. The summed E-state index contributed by atoms with van der Waals surface area (Å²) in [6, 6.07) is 11.2. The Morgan fingerprint density at radius 2 is 1.79 bits per heavy atom. The lowest BCUT2D eigenvalue weighted by molar-refractivity contribution is -0.118. The van der Waals surface area contributed by atoms with Gasteiger partial charge in [0.1, 0.15) is 5.75 Å². The maximum Gasteiger partial charge on any atom is 0.294 e. The van der Waals surface area contributed by atoms with Crippen LogP contribution < -0.4 is 4.90 Å². The zero-order chi connectivity index (χ0) is 20.6. The molecule has 0 bridgehead atoms. The van der Waals surface area contributed by atoms with Gasteiger partial charge in [-0.1, -0.05) is 32.0 Å². The van der Waals surface area contributed by atoms with Gasteiger partial charge in [-0.15, -0.1) is 0 Å². The van der Waals surface area contributed by atoms with Gasteiger partial charge in [-0.3, -0.25) is 14.5 Å². The quantitative estimate of drug-likeness (QED) is 0.800. The van der Waals surface area contributed by atoms with Gasteiger partial charge in [-0.25, -0.2) is 0 Å². The molecule has 5 heteroatoms. The molecule has 0 spiro atoms. The average Bonchev–Trinajstić information content (AvgIpc) is 2.88. The SMILES string of the molecule is Cc1ccc(N2C(=O)C(O)=C(C(=O)CC(C)C)C2c2cccc(O)c2)cc1C. The van der Waals surface area contributed by atoms with E-state index in [1.165, 1.54) is 17.0 Å². The molecule has 0 saturated carbocycles. The average molecular weight is 379 g/mol. The van der Waals surface area contributed by atoms with Crippen LogP contribution in [0, 0.1) is 19.8 Å². The predicted octanol–water partition coefficient (Wildman–Crippen LogP) is 4.52. The number of phenolic OH excluding ortho intramolecular Hbond substituents is 1. The van der Waals surface area contributed by atoms with Gasteiger partial charge in [0.25, 0.3) is 5.91 Å². The van der Waals surface area contributed by atoms with E-state index in [0.717, 1.165) is 11.1 Å². The Kier molecular flexibility index (Phi) is 5.27. The highest BCUT2D eigenvalue weighted by Gasteiger charge is 2.44. The van der Waals surface area contributed by atoms with Crippen molar-refractivity contribution in [2.75, 3.05) is 4.90 Å². The molecule has 0 aliphatic carbocycles. The van der Waals surface area contributed by atoms with Gasteiger partial charge in [0.05, 0.1) is 11.6 Å². The first-order valence-electron chi connectivity index (χ1n) is 9.36. The number of Topliss-reactive ketones (excluding diaryl/α,β-unsaturated/α-hetero) is 1. The Bertz CT molecular complexity index is 974. The zero-order valence-electron chi connectivity index (χ0n) is 16.6. The molecule has 2 N–H and O–H groups in total. The number of aromatic hydroxyl groups is 1. The largest absolute Gasteiger partial charge is 0.508 e. The van der Waals surface area contributed by atoms with E-state index in [0.29, 0.717) is 11.3 Å². The summed E-state index contributed by atoms with van der Waals surface area (Å²) in [5.41, 5.74) is 3.34. The van der Waals surface area contributed by atoms with Crippen LogP contribution in [-0.4, -0.2) is 21.9 Å². The Morgan fingerprint density at radius 1 is 1.07 bits per heavy atom. The molecule has 1 unspecified atom stereocenters. The standard InChI is InChI=1S/C23H25NO4/c1-13(2)10-19(26)20-21(16-6-5-7-18(25)12-16)24(23(28)22(20)27)17-9-8-14(3)15(4)11-17/h5-9,11-13,21,25,27H,10H2,1-4H3. The predicted molar refractivity (Wildman–Crippen MR) is 108 cm³/mol. The van der Waals surface area contributed by atoms with Gasteiger partial charge in [0, 0.05) is 12.1 Å². The van der Waals surface area contributed by atoms with Crippen LogP contribution in [0.25, 0.3) is 0 Å². The molecular formula is C23H25NO4. The molecule has 2 aromatic rings. The molecule has 5 nitrogen and oxygen atoms in total. The second kappa shape index (κ2) is 7.50. The molecular weight excluding hydrogens is 354 g/mol. The number of carbonyl (C=O) groups is 2. The van der Waals surface area contributed by atoms with Crippen LogP contribution in [0.1, 0.15) is 43.0 Å². The van der Waals surface area contributed by atoms with Gasteiger partial charge in [-0.2, -0.15) is 0 Å². The number of phenols is 1. The number of benzene rings is 2. The van der Waals surface area contributed by atoms with Gasteiger partial charge in [0.15, 0.2) is 11.5 Å². The number of anilines is 1. The van der Waals surface area contributed by atoms with Crippen molar-refractivity contribution >= 4 is 17.4 Å². The number of rotatable bonds is 5. The Hall–Kier alpha value is -3.08. The van der Waals surface area contributed by atoms with E-state index in [-0.39, 0.29) is 29.4 Å². The van der Waals surface area contributed by atoms with Crippen molar-refractivity contribution < 1.29 is 19.8 Å². The summed E-state index contributed by atoms with van der Waals surface area (Å²) in [5.74, 6) is -1.27. The molecule has 0 radical (unpaired) electrons. The van der Waals surface area contributed by atoms with E-state index >= 15 is 0 Å². The molecule has 1 heterocycles. The van der Waals surface area contributed by atoms with Crippen LogP contribution in [-0.2, 0) is 9.59 Å². The highest BCUT2D eigenvalue weighted by Crippen LogP contribution is 2.42. The highest BCUT2D eigenvalue weighted by molar-refractivity contribution is 6.16. The molecule has 0 fully saturated rings. The van der Waals surface area contributed by atoms with E-state index < -0.39 is 17.7 Å². The van der Waals surface area contributed by atoms with Gasteiger partial charge >= 0.3 is 0 Å². The molecule has 1 amide bonds. The summed E-state index contributed by atoms with van der Waals surface area (Å²) >= 11 is 0. The number of aryl methyl sites for hydroxylation is 2. The molecule has 1 aliphatic heterocycles.